The highest BCUT2D eigenvalue weighted by Crippen LogP contribution is 2.25. The fourth-order valence-electron chi connectivity index (χ4n) is 2.22. The Labute approximate surface area is 137 Å². The Morgan fingerprint density at radius 3 is 2.65 bits per heavy atom. The van der Waals surface area contributed by atoms with Crippen molar-refractivity contribution >= 4 is 22.8 Å². The molecule has 0 spiro atoms. The SMILES string of the molecule is CC(=O)c1c(F)cccc1NCc1nnc(-c2ccccc2)s1. The second-order valence-electron chi connectivity index (χ2n) is 4.94. The van der Waals surface area contributed by atoms with Gasteiger partial charge in [-0.1, -0.05) is 47.7 Å². The molecule has 4 nitrogen and oxygen atoms in total. The molecule has 0 aliphatic rings. The van der Waals surface area contributed by atoms with Crippen LogP contribution in [0.15, 0.2) is 48.5 Å². The zero-order valence-corrected chi connectivity index (χ0v) is 13.2. The van der Waals surface area contributed by atoms with Gasteiger partial charge in [0.25, 0.3) is 0 Å². The number of Topliss-reactive ketones (excluding diaryl/α,β-unsaturated/α-hetero) is 1. The zero-order valence-electron chi connectivity index (χ0n) is 12.4. The summed E-state index contributed by atoms with van der Waals surface area (Å²) in [7, 11) is 0. The van der Waals surface area contributed by atoms with Crippen LogP contribution in [-0.4, -0.2) is 16.0 Å². The van der Waals surface area contributed by atoms with E-state index in [-0.39, 0.29) is 11.3 Å². The van der Waals surface area contributed by atoms with E-state index in [2.05, 4.69) is 15.5 Å². The molecule has 1 N–H and O–H groups in total. The smallest absolute Gasteiger partial charge is 0.164 e. The summed E-state index contributed by atoms with van der Waals surface area (Å²) in [5, 5.41) is 13.0. The number of rotatable bonds is 5. The normalized spacial score (nSPS) is 10.5. The van der Waals surface area contributed by atoms with E-state index in [1.165, 1.54) is 24.3 Å². The first kappa shape index (κ1) is 15.3. The first-order valence-electron chi connectivity index (χ1n) is 7.06. The lowest BCUT2D eigenvalue weighted by atomic mass is 10.1. The fraction of sp³-hybridized carbons (Fsp3) is 0.118. The number of halogens is 1. The highest BCUT2D eigenvalue weighted by atomic mass is 32.1. The third-order valence-corrected chi connectivity index (χ3v) is 4.26. The number of nitrogens with one attached hydrogen (secondary N) is 1. The van der Waals surface area contributed by atoms with E-state index in [0.717, 1.165) is 15.6 Å². The summed E-state index contributed by atoms with van der Waals surface area (Å²) in [5.74, 6) is -0.836. The van der Waals surface area contributed by atoms with Gasteiger partial charge in [-0.3, -0.25) is 4.79 Å². The number of aromatic nitrogens is 2. The quantitative estimate of drug-likeness (QED) is 0.715. The molecule has 0 unspecified atom stereocenters. The molecule has 0 radical (unpaired) electrons. The lowest BCUT2D eigenvalue weighted by molar-refractivity contribution is 0.101. The summed E-state index contributed by atoms with van der Waals surface area (Å²) in [6.45, 7) is 1.73. The third kappa shape index (κ3) is 3.43. The predicted molar refractivity (Wildman–Crippen MR) is 89.1 cm³/mol. The van der Waals surface area contributed by atoms with Crippen LogP contribution in [0.2, 0.25) is 0 Å². The van der Waals surface area contributed by atoms with Crippen LogP contribution in [0.1, 0.15) is 22.3 Å². The second kappa shape index (κ2) is 6.66. The Morgan fingerprint density at radius 1 is 1.13 bits per heavy atom. The van der Waals surface area contributed by atoms with E-state index < -0.39 is 5.82 Å². The molecular formula is C17H14FN3OS. The largest absolute Gasteiger partial charge is 0.378 e. The Bertz CT molecular complexity index is 833. The Kier molecular flexibility index (Phi) is 4.43. The lowest BCUT2D eigenvalue weighted by Gasteiger charge is -2.09. The van der Waals surface area contributed by atoms with Crippen molar-refractivity contribution in [3.05, 3.63) is 64.9 Å². The second-order valence-corrected chi connectivity index (χ2v) is 6.00. The molecule has 0 saturated heterocycles. The van der Waals surface area contributed by atoms with Gasteiger partial charge in [-0.2, -0.15) is 0 Å². The van der Waals surface area contributed by atoms with Crippen LogP contribution in [0.5, 0.6) is 0 Å². The molecule has 1 aromatic heterocycles. The van der Waals surface area contributed by atoms with Crippen molar-refractivity contribution in [3.8, 4) is 10.6 Å². The summed E-state index contributed by atoms with van der Waals surface area (Å²) in [6, 6.07) is 14.3. The van der Waals surface area contributed by atoms with Gasteiger partial charge in [0.05, 0.1) is 12.1 Å². The minimum atomic E-state index is -0.523. The summed E-state index contributed by atoms with van der Waals surface area (Å²) >= 11 is 1.46. The van der Waals surface area contributed by atoms with Crippen LogP contribution in [0, 0.1) is 5.82 Å². The minimum Gasteiger partial charge on any atom is -0.378 e. The Morgan fingerprint density at radius 2 is 1.91 bits per heavy atom. The summed E-state index contributed by atoms with van der Waals surface area (Å²) in [6.07, 6.45) is 0. The average Bonchev–Trinajstić information content (AvgIpc) is 3.02. The van der Waals surface area contributed by atoms with Crippen molar-refractivity contribution in [3.63, 3.8) is 0 Å². The average molecular weight is 327 g/mol. The molecule has 0 saturated carbocycles. The van der Waals surface area contributed by atoms with Crippen LogP contribution < -0.4 is 5.32 Å². The Balaban J connectivity index is 1.76. The van der Waals surface area contributed by atoms with Gasteiger partial charge < -0.3 is 5.32 Å². The summed E-state index contributed by atoms with van der Waals surface area (Å²) in [4.78, 5) is 11.6. The number of carbonyl (C=O) groups excluding carboxylic acids is 1. The topological polar surface area (TPSA) is 54.9 Å². The van der Waals surface area contributed by atoms with Crippen LogP contribution >= 0.6 is 11.3 Å². The van der Waals surface area contributed by atoms with Gasteiger partial charge >= 0.3 is 0 Å². The molecule has 6 heteroatoms. The standard InChI is InChI=1S/C17H14FN3OS/c1-11(22)16-13(18)8-5-9-14(16)19-10-15-20-21-17(23-15)12-6-3-2-4-7-12/h2-9,19H,10H2,1H3. The van der Waals surface area contributed by atoms with Gasteiger partial charge in [0, 0.05) is 11.3 Å². The summed E-state index contributed by atoms with van der Waals surface area (Å²) < 4.78 is 13.8. The van der Waals surface area contributed by atoms with E-state index >= 15 is 0 Å². The predicted octanol–water partition coefficient (Wildman–Crippen LogP) is 4.16. The van der Waals surface area contributed by atoms with Gasteiger partial charge in [0.2, 0.25) is 0 Å². The maximum atomic E-state index is 13.8. The third-order valence-electron chi connectivity index (χ3n) is 3.28. The fourth-order valence-corrected chi connectivity index (χ4v) is 3.01. The van der Waals surface area contributed by atoms with Crippen LogP contribution in [0.25, 0.3) is 10.6 Å². The first-order chi connectivity index (χ1) is 11.1. The van der Waals surface area contributed by atoms with Gasteiger partial charge in [-0.25, -0.2) is 4.39 Å². The number of hydrogen-bond acceptors (Lipinski definition) is 5. The van der Waals surface area contributed by atoms with Gasteiger partial charge in [0.15, 0.2) is 5.78 Å². The number of ketones is 1. The number of anilines is 1. The molecule has 0 amide bonds. The van der Waals surface area contributed by atoms with Gasteiger partial charge in [0.1, 0.15) is 15.8 Å². The molecule has 0 aliphatic heterocycles. The van der Waals surface area contributed by atoms with E-state index in [0.29, 0.717) is 12.2 Å². The van der Waals surface area contributed by atoms with Crippen LogP contribution in [0.3, 0.4) is 0 Å². The monoisotopic (exact) mass is 327 g/mol. The molecule has 2 aromatic carbocycles. The Hall–Kier alpha value is -2.60. The first-order valence-corrected chi connectivity index (χ1v) is 7.88. The van der Waals surface area contributed by atoms with E-state index in [1.807, 2.05) is 30.3 Å². The number of carbonyl (C=O) groups is 1. The minimum absolute atomic E-state index is 0.0697. The van der Waals surface area contributed by atoms with Crippen molar-refractivity contribution < 1.29 is 9.18 Å². The van der Waals surface area contributed by atoms with Crippen molar-refractivity contribution in [1.82, 2.24) is 10.2 Å². The van der Waals surface area contributed by atoms with Crippen molar-refractivity contribution in [2.24, 2.45) is 0 Å². The highest BCUT2D eigenvalue weighted by Gasteiger charge is 2.13. The molecule has 0 bridgehead atoms. The number of nitrogens with zero attached hydrogens (tertiary/aromatic N) is 2. The maximum absolute atomic E-state index is 13.8. The molecule has 1 heterocycles. The molecule has 0 aliphatic carbocycles. The number of benzene rings is 2. The van der Waals surface area contributed by atoms with Gasteiger partial charge in [-0.15, -0.1) is 10.2 Å². The maximum Gasteiger partial charge on any atom is 0.164 e. The lowest BCUT2D eigenvalue weighted by Crippen LogP contribution is -2.07. The van der Waals surface area contributed by atoms with Crippen LogP contribution in [0.4, 0.5) is 10.1 Å². The van der Waals surface area contributed by atoms with Crippen LogP contribution in [-0.2, 0) is 6.54 Å². The molecule has 3 rings (SSSR count). The molecular weight excluding hydrogens is 313 g/mol. The molecule has 3 aromatic rings. The summed E-state index contributed by atoms with van der Waals surface area (Å²) in [5.41, 5.74) is 1.54. The number of hydrogen-bond donors (Lipinski definition) is 1. The van der Waals surface area contributed by atoms with E-state index in [9.17, 15) is 9.18 Å². The highest BCUT2D eigenvalue weighted by molar-refractivity contribution is 7.14. The van der Waals surface area contributed by atoms with E-state index in [4.69, 9.17) is 0 Å². The molecule has 116 valence electrons. The molecule has 23 heavy (non-hydrogen) atoms. The molecule has 0 atom stereocenters. The van der Waals surface area contributed by atoms with Crippen molar-refractivity contribution in [1.29, 1.82) is 0 Å². The van der Waals surface area contributed by atoms with Crippen molar-refractivity contribution in [2.45, 2.75) is 13.5 Å². The van der Waals surface area contributed by atoms with Crippen molar-refractivity contribution in [2.75, 3.05) is 5.32 Å². The zero-order chi connectivity index (χ0) is 16.2. The van der Waals surface area contributed by atoms with Gasteiger partial charge in [-0.05, 0) is 19.1 Å². The molecule has 0 fully saturated rings. The van der Waals surface area contributed by atoms with E-state index in [1.54, 1.807) is 12.1 Å².